The number of aliphatic hydroxyl groups is 1. The van der Waals surface area contributed by atoms with Crippen LogP contribution in [0.15, 0.2) is 30.3 Å². The van der Waals surface area contributed by atoms with Crippen molar-refractivity contribution in [2.75, 3.05) is 6.54 Å². The van der Waals surface area contributed by atoms with E-state index >= 15 is 0 Å². The van der Waals surface area contributed by atoms with Gasteiger partial charge in [-0.2, -0.15) is 0 Å². The first-order chi connectivity index (χ1) is 9.10. The van der Waals surface area contributed by atoms with Crippen molar-refractivity contribution < 1.29 is 9.90 Å². The molecule has 4 heteroatoms. The first-order valence-electron chi connectivity index (χ1n) is 6.90. The molecule has 0 unspecified atom stereocenters. The van der Waals surface area contributed by atoms with Crippen LogP contribution < -0.4 is 11.1 Å². The highest BCUT2D eigenvalue weighted by atomic mass is 16.3. The summed E-state index contributed by atoms with van der Waals surface area (Å²) >= 11 is 0. The van der Waals surface area contributed by atoms with Crippen molar-refractivity contribution in [1.29, 1.82) is 0 Å². The van der Waals surface area contributed by atoms with Crippen molar-refractivity contribution in [1.82, 2.24) is 5.32 Å². The van der Waals surface area contributed by atoms with Crippen molar-refractivity contribution in [2.45, 2.75) is 43.7 Å². The van der Waals surface area contributed by atoms with E-state index in [1.54, 1.807) is 0 Å². The Hall–Kier alpha value is -1.39. The molecule has 0 aliphatic heterocycles. The maximum Gasteiger partial charge on any atom is 0.251 e. The van der Waals surface area contributed by atoms with Crippen molar-refractivity contribution in [3.8, 4) is 0 Å². The lowest BCUT2D eigenvalue weighted by atomic mass is 9.82. The third kappa shape index (κ3) is 3.78. The van der Waals surface area contributed by atoms with Crippen molar-refractivity contribution >= 4 is 5.91 Å². The van der Waals surface area contributed by atoms with Gasteiger partial charge in [0.1, 0.15) is 5.60 Å². The van der Waals surface area contributed by atoms with Crippen LogP contribution in [0.4, 0.5) is 0 Å². The highest BCUT2D eigenvalue weighted by Gasteiger charge is 2.38. The van der Waals surface area contributed by atoms with Crippen LogP contribution in [0, 0.1) is 0 Å². The number of rotatable bonds is 4. The Morgan fingerprint density at radius 2 is 1.95 bits per heavy atom. The number of hydrogen-bond donors (Lipinski definition) is 3. The molecule has 104 valence electrons. The fourth-order valence-corrected chi connectivity index (χ4v) is 2.47. The second kappa shape index (κ2) is 6.17. The molecular weight excluding hydrogens is 240 g/mol. The summed E-state index contributed by atoms with van der Waals surface area (Å²) in [6.07, 6.45) is 3.13. The van der Waals surface area contributed by atoms with E-state index in [9.17, 15) is 9.90 Å². The molecule has 0 aromatic heterocycles. The topological polar surface area (TPSA) is 75.3 Å². The van der Waals surface area contributed by atoms with Crippen molar-refractivity contribution in [3.63, 3.8) is 0 Å². The van der Waals surface area contributed by atoms with Crippen molar-refractivity contribution in [3.05, 3.63) is 35.9 Å². The van der Waals surface area contributed by atoms with Crippen LogP contribution in [-0.4, -0.2) is 29.2 Å². The molecule has 1 aliphatic carbocycles. The molecule has 2 rings (SSSR count). The SMILES string of the molecule is NC1CCC(O)(C(=O)NCCc2ccccc2)CC1. The third-order valence-electron chi connectivity index (χ3n) is 3.82. The standard InChI is InChI=1S/C15H22N2O2/c16-13-6-9-15(19,10-7-13)14(18)17-11-8-12-4-2-1-3-5-12/h1-5,13,19H,6-11,16H2,(H,17,18). The summed E-state index contributed by atoms with van der Waals surface area (Å²) in [5, 5.41) is 13.1. The molecule has 0 bridgehead atoms. The highest BCUT2D eigenvalue weighted by Crippen LogP contribution is 2.27. The van der Waals surface area contributed by atoms with E-state index in [0.717, 1.165) is 6.42 Å². The van der Waals surface area contributed by atoms with Gasteiger partial charge in [0.15, 0.2) is 0 Å². The van der Waals surface area contributed by atoms with Gasteiger partial charge in [-0.25, -0.2) is 0 Å². The molecule has 0 spiro atoms. The monoisotopic (exact) mass is 262 g/mol. The molecule has 0 radical (unpaired) electrons. The second-order valence-electron chi connectivity index (χ2n) is 5.36. The van der Waals surface area contributed by atoms with E-state index in [0.29, 0.717) is 32.2 Å². The van der Waals surface area contributed by atoms with E-state index < -0.39 is 5.60 Å². The zero-order valence-corrected chi connectivity index (χ0v) is 11.1. The first kappa shape index (κ1) is 14.0. The Kier molecular flexibility index (Phi) is 4.56. The number of carbonyl (C=O) groups excluding carboxylic acids is 1. The van der Waals surface area contributed by atoms with E-state index in [4.69, 9.17) is 5.73 Å². The Labute approximate surface area is 114 Å². The lowest BCUT2D eigenvalue weighted by Crippen LogP contribution is -2.51. The number of amides is 1. The fraction of sp³-hybridized carbons (Fsp3) is 0.533. The molecule has 1 saturated carbocycles. The maximum absolute atomic E-state index is 12.0. The van der Waals surface area contributed by atoms with Gasteiger partial charge in [0.25, 0.3) is 5.91 Å². The minimum absolute atomic E-state index is 0.123. The molecule has 0 saturated heterocycles. The normalized spacial score (nSPS) is 26.9. The van der Waals surface area contributed by atoms with Crippen LogP contribution in [0.1, 0.15) is 31.2 Å². The Bertz CT molecular complexity index is 411. The molecule has 1 aromatic carbocycles. The quantitative estimate of drug-likeness (QED) is 0.757. The van der Waals surface area contributed by atoms with E-state index in [2.05, 4.69) is 5.32 Å². The van der Waals surface area contributed by atoms with Gasteiger partial charge in [-0.3, -0.25) is 4.79 Å². The molecule has 0 heterocycles. The molecular formula is C15H22N2O2. The van der Waals surface area contributed by atoms with Gasteiger partial charge in [0.05, 0.1) is 0 Å². The molecule has 4 N–H and O–H groups in total. The molecule has 1 amide bonds. The highest BCUT2D eigenvalue weighted by molar-refractivity contribution is 5.84. The summed E-state index contributed by atoms with van der Waals surface area (Å²) in [5.41, 5.74) is 5.75. The summed E-state index contributed by atoms with van der Waals surface area (Å²) in [6, 6.07) is 10.1. The maximum atomic E-state index is 12.0. The summed E-state index contributed by atoms with van der Waals surface area (Å²) in [6.45, 7) is 0.553. The second-order valence-corrected chi connectivity index (χ2v) is 5.36. The lowest BCUT2D eigenvalue weighted by Gasteiger charge is -2.33. The number of nitrogens with two attached hydrogens (primary N) is 1. The number of nitrogens with one attached hydrogen (secondary N) is 1. The van der Waals surface area contributed by atoms with Crippen LogP contribution in [0.2, 0.25) is 0 Å². The van der Waals surface area contributed by atoms with Crippen LogP contribution in [-0.2, 0) is 11.2 Å². The number of benzene rings is 1. The van der Waals surface area contributed by atoms with Crippen molar-refractivity contribution in [2.24, 2.45) is 5.73 Å². The molecule has 19 heavy (non-hydrogen) atoms. The summed E-state index contributed by atoms with van der Waals surface area (Å²) < 4.78 is 0. The lowest BCUT2D eigenvalue weighted by molar-refractivity contribution is -0.143. The van der Waals surface area contributed by atoms with Crippen LogP contribution >= 0.6 is 0 Å². The van der Waals surface area contributed by atoms with Gasteiger partial charge in [0.2, 0.25) is 0 Å². The summed E-state index contributed by atoms with van der Waals surface area (Å²) in [4.78, 5) is 12.0. The average molecular weight is 262 g/mol. The van der Waals surface area contributed by atoms with Gasteiger partial charge in [0, 0.05) is 12.6 Å². The fourth-order valence-electron chi connectivity index (χ4n) is 2.47. The molecule has 1 fully saturated rings. The van der Waals surface area contributed by atoms with E-state index in [-0.39, 0.29) is 11.9 Å². The molecule has 0 atom stereocenters. The summed E-state index contributed by atoms with van der Waals surface area (Å²) in [5.74, 6) is -0.254. The van der Waals surface area contributed by atoms with Gasteiger partial charge in [-0.15, -0.1) is 0 Å². The van der Waals surface area contributed by atoms with Gasteiger partial charge in [-0.05, 0) is 37.7 Å². The smallest absolute Gasteiger partial charge is 0.251 e. The third-order valence-corrected chi connectivity index (χ3v) is 3.82. The van der Waals surface area contributed by atoms with Crippen LogP contribution in [0.5, 0.6) is 0 Å². The predicted molar refractivity (Wildman–Crippen MR) is 74.5 cm³/mol. The minimum Gasteiger partial charge on any atom is -0.380 e. The summed E-state index contributed by atoms with van der Waals surface area (Å²) in [7, 11) is 0. The number of carbonyl (C=O) groups is 1. The molecule has 4 nitrogen and oxygen atoms in total. The van der Waals surface area contributed by atoms with Crippen LogP contribution in [0.25, 0.3) is 0 Å². The van der Waals surface area contributed by atoms with E-state index in [1.165, 1.54) is 5.56 Å². The average Bonchev–Trinajstić information content (AvgIpc) is 2.43. The zero-order valence-electron chi connectivity index (χ0n) is 11.1. The first-order valence-corrected chi connectivity index (χ1v) is 6.90. The predicted octanol–water partition coefficient (Wildman–Crippen LogP) is 0.978. The largest absolute Gasteiger partial charge is 0.380 e. The van der Waals surface area contributed by atoms with Gasteiger partial charge >= 0.3 is 0 Å². The number of hydrogen-bond acceptors (Lipinski definition) is 3. The van der Waals surface area contributed by atoms with Crippen LogP contribution in [0.3, 0.4) is 0 Å². The Morgan fingerprint density at radius 3 is 2.58 bits per heavy atom. The molecule has 1 aromatic rings. The Balaban J connectivity index is 1.78. The zero-order chi connectivity index (χ0) is 13.7. The Morgan fingerprint density at radius 1 is 1.32 bits per heavy atom. The van der Waals surface area contributed by atoms with E-state index in [1.807, 2.05) is 30.3 Å². The van der Waals surface area contributed by atoms with Gasteiger partial charge < -0.3 is 16.2 Å². The van der Waals surface area contributed by atoms with Gasteiger partial charge in [-0.1, -0.05) is 30.3 Å². The minimum atomic E-state index is -1.22. The molecule has 1 aliphatic rings.